The molecule has 0 saturated carbocycles. The molecule has 2 bridgehead atoms. The van der Waals surface area contributed by atoms with Crippen LogP contribution in [0.3, 0.4) is 0 Å². The zero-order valence-electron chi connectivity index (χ0n) is 9.19. The summed E-state index contributed by atoms with van der Waals surface area (Å²) in [6.07, 6.45) is 8.09. The Kier molecular flexibility index (Phi) is 2.72. The number of rotatable bonds is 1. The van der Waals surface area contributed by atoms with E-state index in [1.165, 1.54) is 38.0 Å². The number of hydrogen-bond acceptors (Lipinski definition) is 2. The summed E-state index contributed by atoms with van der Waals surface area (Å²) in [5, 5.41) is 0. The quantitative estimate of drug-likeness (QED) is 0.784. The summed E-state index contributed by atoms with van der Waals surface area (Å²) in [5.74, 6) is 0.915. The van der Waals surface area contributed by atoms with Crippen LogP contribution in [0.15, 0.2) is 28.5 Å². The molecule has 3 heteroatoms. The number of pyridine rings is 1. The molecule has 2 nitrogen and oxygen atoms in total. The fourth-order valence-electron chi connectivity index (χ4n) is 2.66. The molecule has 0 aliphatic carbocycles. The summed E-state index contributed by atoms with van der Waals surface area (Å²) >= 11 is 3.55. The predicted molar refractivity (Wildman–Crippen MR) is 68.8 cm³/mol. The maximum Gasteiger partial charge on any atom is 0.0788 e. The molecule has 0 N–H and O–H groups in total. The van der Waals surface area contributed by atoms with Gasteiger partial charge in [0, 0.05) is 29.5 Å². The zero-order chi connectivity index (χ0) is 11.0. The van der Waals surface area contributed by atoms with Crippen LogP contribution in [0.5, 0.6) is 0 Å². The number of aromatic nitrogens is 1. The van der Waals surface area contributed by atoms with Crippen molar-refractivity contribution in [3.8, 4) is 0 Å². The van der Waals surface area contributed by atoms with Crippen LogP contribution in [0.25, 0.3) is 6.08 Å². The van der Waals surface area contributed by atoms with Crippen molar-refractivity contribution in [3.05, 3.63) is 34.2 Å². The Labute approximate surface area is 104 Å². The van der Waals surface area contributed by atoms with Crippen molar-refractivity contribution in [2.45, 2.75) is 19.3 Å². The first kappa shape index (κ1) is 10.3. The van der Waals surface area contributed by atoms with Gasteiger partial charge in [0.15, 0.2) is 0 Å². The van der Waals surface area contributed by atoms with Gasteiger partial charge in [0.25, 0.3) is 0 Å². The highest BCUT2D eigenvalue weighted by molar-refractivity contribution is 9.10. The van der Waals surface area contributed by atoms with E-state index >= 15 is 0 Å². The summed E-state index contributed by atoms with van der Waals surface area (Å²) in [6, 6.07) is 4.01. The molecule has 16 heavy (non-hydrogen) atoms. The van der Waals surface area contributed by atoms with Crippen LogP contribution in [-0.2, 0) is 0 Å². The SMILES string of the molecule is Brc1cccnc1/C=C1/CC2CCN1CC2. The average molecular weight is 279 g/mol. The third-order valence-electron chi connectivity index (χ3n) is 3.61. The van der Waals surface area contributed by atoms with E-state index in [0.717, 1.165) is 16.1 Å². The Morgan fingerprint density at radius 3 is 2.81 bits per heavy atom. The molecule has 1 aromatic rings. The Bertz CT molecular complexity index is 420. The Morgan fingerprint density at radius 2 is 2.19 bits per heavy atom. The van der Waals surface area contributed by atoms with Gasteiger partial charge in [-0.2, -0.15) is 0 Å². The molecular formula is C13H15BrN2. The highest BCUT2D eigenvalue weighted by Gasteiger charge is 2.28. The maximum absolute atomic E-state index is 4.41. The van der Waals surface area contributed by atoms with Crippen molar-refractivity contribution in [2.24, 2.45) is 5.92 Å². The molecule has 0 radical (unpaired) electrons. The van der Waals surface area contributed by atoms with Crippen LogP contribution < -0.4 is 0 Å². The molecule has 4 heterocycles. The van der Waals surface area contributed by atoms with Crippen molar-refractivity contribution in [3.63, 3.8) is 0 Å². The molecule has 0 unspecified atom stereocenters. The second-order valence-electron chi connectivity index (χ2n) is 4.64. The van der Waals surface area contributed by atoms with Gasteiger partial charge in [-0.05, 0) is 59.3 Å². The second-order valence-corrected chi connectivity index (χ2v) is 5.50. The Hall–Kier alpha value is -0.830. The van der Waals surface area contributed by atoms with Crippen molar-refractivity contribution < 1.29 is 0 Å². The van der Waals surface area contributed by atoms with Crippen LogP contribution in [0.4, 0.5) is 0 Å². The summed E-state index contributed by atoms with van der Waals surface area (Å²) < 4.78 is 1.09. The molecule has 0 aromatic carbocycles. The van der Waals surface area contributed by atoms with Gasteiger partial charge < -0.3 is 4.90 Å². The van der Waals surface area contributed by atoms with E-state index in [2.05, 4.69) is 38.0 Å². The lowest BCUT2D eigenvalue weighted by Gasteiger charge is -2.42. The van der Waals surface area contributed by atoms with Crippen molar-refractivity contribution in [2.75, 3.05) is 13.1 Å². The Morgan fingerprint density at radius 1 is 1.38 bits per heavy atom. The van der Waals surface area contributed by atoms with Gasteiger partial charge in [-0.3, -0.25) is 4.98 Å². The lowest BCUT2D eigenvalue weighted by molar-refractivity contribution is 0.162. The van der Waals surface area contributed by atoms with Crippen LogP contribution in [0.1, 0.15) is 25.0 Å². The summed E-state index contributed by atoms with van der Waals surface area (Å²) in [6.45, 7) is 2.47. The normalized spacial score (nSPS) is 23.1. The molecule has 3 aliphatic rings. The van der Waals surface area contributed by atoms with Gasteiger partial charge >= 0.3 is 0 Å². The van der Waals surface area contributed by atoms with Crippen LogP contribution in [-0.4, -0.2) is 23.0 Å². The summed E-state index contributed by atoms with van der Waals surface area (Å²) in [7, 11) is 0. The highest BCUT2D eigenvalue weighted by atomic mass is 79.9. The van der Waals surface area contributed by atoms with E-state index in [1.807, 2.05) is 12.3 Å². The van der Waals surface area contributed by atoms with Gasteiger partial charge in [-0.1, -0.05) is 0 Å². The monoisotopic (exact) mass is 278 g/mol. The highest BCUT2D eigenvalue weighted by Crippen LogP contribution is 2.35. The molecule has 0 amide bonds. The number of allylic oxidation sites excluding steroid dienone is 1. The first-order chi connectivity index (χ1) is 7.83. The van der Waals surface area contributed by atoms with Gasteiger partial charge in [0.05, 0.1) is 5.69 Å². The van der Waals surface area contributed by atoms with E-state index in [0.29, 0.717) is 0 Å². The number of fused-ring (bicyclic) bond motifs is 3. The van der Waals surface area contributed by atoms with Crippen LogP contribution in [0.2, 0.25) is 0 Å². The maximum atomic E-state index is 4.41. The predicted octanol–water partition coefficient (Wildman–Crippen LogP) is 3.30. The topological polar surface area (TPSA) is 16.1 Å². The minimum atomic E-state index is 0.915. The van der Waals surface area contributed by atoms with Crippen LogP contribution in [0, 0.1) is 5.92 Å². The van der Waals surface area contributed by atoms with Crippen molar-refractivity contribution in [1.82, 2.24) is 9.88 Å². The van der Waals surface area contributed by atoms with E-state index < -0.39 is 0 Å². The fraction of sp³-hybridized carbons (Fsp3) is 0.462. The zero-order valence-corrected chi connectivity index (χ0v) is 10.8. The molecule has 3 aliphatic heterocycles. The minimum absolute atomic E-state index is 0.915. The first-order valence-electron chi connectivity index (χ1n) is 5.89. The van der Waals surface area contributed by atoms with Gasteiger partial charge in [-0.25, -0.2) is 0 Å². The van der Waals surface area contributed by atoms with Crippen molar-refractivity contribution in [1.29, 1.82) is 0 Å². The molecule has 1 aromatic heterocycles. The third kappa shape index (κ3) is 1.88. The summed E-state index contributed by atoms with van der Waals surface area (Å²) in [5.41, 5.74) is 2.53. The van der Waals surface area contributed by atoms with Crippen molar-refractivity contribution >= 4 is 22.0 Å². The average Bonchev–Trinajstić information content (AvgIpc) is 2.34. The standard InChI is InChI=1S/C13H15BrN2/c14-12-2-1-5-15-13(12)9-11-8-10-3-6-16(11)7-4-10/h1-2,5,9-10H,3-4,6-8H2/b11-9-. The number of piperidine rings is 3. The number of hydrogen-bond donors (Lipinski definition) is 0. The van der Waals surface area contributed by atoms with E-state index in [9.17, 15) is 0 Å². The fourth-order valence-corrected chi connectivity index (χ4v) is 3.03. The van der Waals surface area contributed by atoms with Crippen LogP contribution >= 0.6 is 15.9 Å². The van der Waals surface area contributed by atoms with E-state index in [-0.39, 0.29) is 0 Å². The van der Waals surface area contributed by atoms with Gasteiger partial charge in [0.2, 0.25) is 0 Å². The second kappa shape index (κ2) is 4.21. The first-order valence-corrected chi connectivity index (χ1v) is 6.68. The Balaban J connectivity index is 1.90. The molecule has 3 fully saturated rings. The largest absolute Gasteiger partial charge is 0.375 e. The van der Waals surface area contributed by atoms with E-state index in [4.69, 9.17) is 0 Å². The smallest absolute Gasteiger partial charge is 0.0788 e. The van der Waals surface area contributed by atoms with Gasteiger partial charge in [-0.15, -0.1) is 0 Å². The molecule has 4 rings (SSSR count). The van der Waals surface area contributed by atoms with E-state index in [1.54, 1.807) is 0 Å². The third-order valence-corrected chi connectivity index (χ3v) is 4.28. The molecular weight excluding hydrogens is 264 g/mol. The molecule has 0 spiro atoms. The lowest BCUT2D eigenvalue weighted by Crippen LogP contribution is -2.39. The number of nitrogens with zero attached hydrogens (tertiary/aromatic N) is 2. The summed E-state index contributed by atoms with van der Waals surface area (Å²) in [4.78, 5) is 6.92. The lowest BCUT2D eigenvalue weighted by atomic mass is 9.86. The molecule has 0 atom stereocenters. The molecule has 3 saturated heterocycles. The molecule has 84 valence electrons. The number of halogens is 1. The minimum Gasteiger partial charge on any atom is -0.375 e. The van der Waals surface area contributed by atoms with Gasteiger partial charge in [0.1, 0.15) is 0 Å².